The lowest BCUT2D eigenvalue weighted by Gasteiger charge is -2.33. The molecule has 0 bridgehead atoms. The maximum atomic E-state index is 13.5. The van der Waals surface area contributed by atoms with Crippen molar-refractivity contribution in [3.8, 4) is 17.9 Å². The van der Waals surface area contributed by atoms with Crippen LogP contribution in [0.15, 0.2) is 35.7 Å². The van der Waals surface area contributed by atoms with E-state index in [2.05, 4.69) is 5.32 Å². The predicted octanol–water partition coefficient (Wildman–Crippen LogP) is 2.30. The Bertz CT molecular complexity index is 971. The number of ether oxygens (including phenoxy) is 1. The zero-order valence-corrected chi connectivity index (χ0v) is 19.2. The van der Waals surface area contributed by atoms with Gasteiger partial charge in [-0.1, -0.05) is 6.07 Å². The molecule has 1 aromatic carbocycles. The zero-order chi connectivity index (χ0) is 23.8. The Labute approximate surface area is 194 Å². The van der Waals surface area contributed by atoms with Crippen LogP contribution in [-0.2, 0) is 9.59 Å². The predicted molar refractivity (Wildman–Crippen MR) is 123 cm³/mol. The summed E-state index contributed by atoms with van der Waals surface area (Å²) in [5.41, 5.74) is 0.499. The van der Waals surface area contributed by atoms with Crippen molar-refractivity contribution >= 4 is 17.5 Å². The first-order chi connectivity index (χ1) is 16.0. The summed E-state index contributed by atoms with van der Waals surface area (Å²) >= 11 is 0. The van der Waals surface area contributed by atoms with Gasteiger partial charge in [0.1, 0.15) is 29.8 Å². The Balaban J connectivity index is 1.84. The van der Waals surface area contributed by atoms with Gasteiger partial charge in [-0.25, -0.2) is 0 Å². The molecule has 9 nitrogen and oxygen atoms in total. The number of nitrogens with one attached hydrogen (secondary N) is 1. The standard InChI is InChI=1S/C24H30N6O3/c1-28(23(18(15-25)16-26)27-19-8-7-9-20(14-19)33-2)21-10-3-4-13-30(24(21)32)17-22(31)29-11-5-6-12-29/h7-9,14,21,27H,3-6,10-13,17H2,1-2H3. The van der Waals surface area contributed by atoms with Crippen LogP contribution in [0.3, 0.4) is 0 Å². The van der Waals surface area contributed by atoms with E-state index in [-0.39, 0.29) is 29.8 Å². The van der Waals surface area contributed by atoms with Gasteiger partial charge >= 0.3 is 0 Å². The van der Waals surface area contributed by atoms with Crippen molar-refractivity contribution in [2.45, 2.75) is 38.1 Å². The number of benzene rings is 1. The van der Waals surface area contributed by atoms with E-state index in [4.69, 9.17) is 4.74 Å². The highest BCUT2D eigenvalue weighted by Crippen LogP contribution is 2.25. The molecule has 1 aromatic rings. The van der Waals surface area contributed by atoms with Crippen molar-refractivity contribution in [1.29, 1.82) is 10.5 Å². The first-order valence-corrected chi connectivity index (χ1v) is 11.2. The normalized spacial score (nSPS) is 18.1. The SMILES string of the molecule is COc1cccc(NC(=C(C#N)C#N)N(C)C2CCCCN(CC(=O)N3CCCC3)C2=O)c1. The minimum atomic E-state index is -0.594. The number of likely N-dealkylation sites (N-methyl/N-ethyl adjacent to an activating group) is 1. The van der Waals surface area contributed by atoms with E-state index < -0.39 is 6.04 Å². The molecule has 0 spiro atoms. The Morgan fingerprint density at radius 1 is 1.18 bits per heavy atom. The van der Waals surface area contributed by atoms with Gasteiger partial charge in [-0.3, -0.25) is 9.59 Å². The quantitative estimate of drug-likeness (QED) is 0.634. The molecular formula is C24H30N6O3. The summed E-state index contributed by atoms with van der Waals surface area (Å²) in [6.45, 7) is 2.08. The van der Waals surface area contributed by atoms with Gasteiger partial charge in [0.15, 0.2) is 5.57 Å². The summed E-state index contributed by atoms with van der Waals surface area (Å²) in [6, 6.07) is 10.4. The highest BCUT2D eigenvalue weighted by Gasteiger charge is 2.34. The summed E-state index contributed by atoms with van der Waals surface area (Å²) in [5.74, 6) is 0.681. The molecule has 1 atom stereocenters. The lowest BCUT2D eigenvalue weighted by Crippen LogP contribution is -2.50. The molecular weight excluding hydrogens is 420 g/mol. The largest absolute Gasteiger partial charge is 0.497 e. The van der Waals surface area contributed by atoms with Gasteiger partial charge < -0.3 is 24.8 Å². The van der Waals surface area contributed by atoms with Gasteiger partial charge in [0.2, 0.25) is 11.8 Å². The van der Waals surface area contributed by atoms with E-state index in [1.165, 1.54) is 0 Å². The smallest absolute Gasteiger partial charge is 0.245 e. The average molecular weight is 451 g/mol. The number of rotatable bonds is 7. The van der Waals surface area contributed by atoms with Gasteiger partial charge in [0, 0.05) is 38.4 Å². The van der Waals surface area contributed by atoms with Crippen molar-refractivity contribution < 1.29 is 14.3 Å². The van der Waals surface area contributed by atoms with Gasteiger partial charge in [0.25, 0.3) is 0 Å². The number of allylic oxidation sites excluding steroid dienone is 1. The number of carbonyl (C=O) groups is 2. The van der Waals surface area contributed by atoms with E-state index in [0.717, 1.165) is 38.8 Å². The molecule has 2 fully saturated rings. The molecule has 0 radical (unpaired) electrons. The van der Waals surface area contributed by atoms with Crippen LogP contribution in [0.5, 0.6) is 5.75 Å². The van der Waals surface area contributed by atoms with Crippen molar-refractivity contribution in [2.24, 2.45) is 0 Å². The van der Waals surface area contributed by atoms with E-state index >= 15 is 0 Å². The second kappa shape index (κ2) is 11.2. The van der Waals surface area contributed by atoms with Crippen LogP contribution < -0.4 is 10.1 Å². The summed E-state index contributed by atoms with van der Waals surface area (Å²) in [4.78, 5) is 31.2. The van der Waals surface area contributed by atoms with Gasteiger partial charge in [-0.05, 0) is 44.2 Å². The molecule has 174 valence electrons. The van der Waals surface area contributed by atoms with Crippen LogP contribution in [0, 0.1) is 22.7 Å². The molecule has 2 aliphatic heterocycles. The lowest BCUT2D eigenvalue weighted by molar-refractivity contribution is -0.142. The monoisotopic (exact) mass is 450 g/mol. The molecule has 1 N–H and O–H groups in total. The summed E-state index contributed by atoms with van der Waals surface area (Å²) in [7, 11) is 3.26. The molecule has 1 unspecified atom stereocenters. The molecule has 0 aliphatic carbocycles. The third kappa shape index (κ3) is 5.75. The third-order valence-corrected chi connectivity index (χ3v) is 6.15. The third-order valence-electron chi connectivity index (χ3n) is 6.15. The van der Waals surface area contributed by atoms with Crippen LogP contribution >= 0.6 is 0 Å². The van der Waals surface area contributed by atoms with Crippen molar-refractivity contribution in [2.75, 3.05) is 45.7 Å². The first-order valence-electron chi connectivity index (χ1n) is 11.2. The number of anilines is 1. The zero-order valence-electron chi connectivity index (χ0n) is 19.2. The summed E-state index contributed by atoms with van der Waals surface area (Å²) in [6.07, 6.45) is 4.17. The Morgan fingerprint density at radius 3 is 2.55 bits per heavy atom. The van der Waals surface area contributed by atoms with Crippen LogP contribution in [0.4, 0.5) is 5.69 Å². The van der Waals surface area contributed by atoms with E-state index in [1.54, 1.807) is 48.2 Å². The van der Waals surface area contributed by atoms with Crippen molar-refractivity contribution in [3.63, 3.8) is 0 Å². The topological polar surface area (TPSA) is 113 Å². The highest BCUT2D eigenvalue weighted by molar-refractivity contribution is 5.88. The highest BCUT2D eigenvalue weighted by atomic mass is 16.5. The molecule has 0 aromatic heterocycles. The van der Waals surface area contributed by atoms with Gasteiger partial charge in [0.05, 0.1) is 13.7 Å². The Kier molecular flexibility index (Phi) is 8.15. The number of nitriles is 2. The number of hydrogen-bond acceptors (Lipinski definition) is 7. The summed E-state index contributed by atoms with van der Waals surface area (Å²) < 4.78 is 5.26. The van der Waals surface area contributed by atoms with Gasteiger partial charge in [-0.2, -0.15) is 10.5 Å². The molecule has 2 aliphatic rings. The van der Waals surface area contributed by atoms with Crippen LogP contribution in [0.25, 0.3) is 0 Å². The number of amides is 2. The molecule has 2 amide bonds. The van der Waals surface area contributed by atoms with Gasteiger partial charge in [-0.15, -0.1) is 0 Å². The fourth-order valence-corrected chi connectivity index (χ4v) is 4.28. The van der Waals surface area contributed by atoms with E-state index in [9.17, 15) is 20.1 Å². The Morgan fingerprint density at radius 2 is 1.88 bits per heavy atom. The second-order valence-corrected chi connectivity index (χ2v) is 8.27. The fraction of sp³-hybridized carbons (Fsp3) is 0.500. The number of likely N-dealkylation sites (tertiary alicyclic amines) is 2. The second-order valence-electron chi connectivity index (χ2n) is 8.27. The summed E-state index contributed by atoms with van der Waals surface area (Å²) in [5, 5.41) is 22.3. The molecule has 2 saturated heterocycles. The number of hydrogen-bond donors (Lipinski definition) is 1. The molecule has 0 saturated carbocycles. The fourth-order valence-electron chi connectivity index (χ4n) is 4.28. The van der Waals surface area contributed by atoms with E-state index in [1.807, 2.05) is 17.0 Å². The Hall–Kier alpha value is -3.72. The lowest BCUT2D eigenvalue weighted by atomic mass is 10.1. The number of carbonyl (C=O) groups excluding carboxylic acids is 2. The number of nitrogens with zero attached hydrogens (tertiary/aromatic N) is 5. The maximum Gasteiger partial charge on any atom is 0.245 e. The van der Waals surface area contributed by atoms with E-state index in [0.29, 0.717) is 24.4 Å². The molecule has 3 rings (SSSR count). The van der Waals surface area contributed by atoms with Crippen LogP contribution in [0.1, 0.15) is 32.1 Å². The maximum absolute atomic E-state index is 13.5. The average Bonchev–Trinajstić information content (AvgIpc) is 3.32. The minimum absolute atomic E-state index is 0.0239. The minimum Gasteiger partial charge on any atom is -0.497 e. The molecule has 33 heavy (non-hydrogen) atoms. The van der Waals surface area contributed by atoms with Crippen molar-refractivity contribution in [1.82, 2.24) is 14.7 Å². The number of methoxy groups -OCH3 is 1. The van der Waals surface area contributed by atoms with Crippen molar-refractivity contribution in [3.05, 3.63) is 35.7 Å². The molecule has 9 heteroatoms. The molecule has 2 heterocycles. The van der Waals surface area contributed by atoms with Crippen LogP contribution in [-0.4, -0.2) is 72.9 Å². The van der Waals surface area contributed by atoms with Crippen LogP contribution in [0.2, 0.25) is 0 Å². The first kappa shape index (κ1) is 23.9.